The number of nitrogens with one attached hydrogen (secondary N) is 1. The maximum absolute atomic E-state index is 12.7. The van der Waals surface area contributed by atoms with Gasteiger partial charge in [-0.2, -0.15) is 0 Å². The molecular weight excluding hydrogens is 282 g/mol. The average Bonchev–Trinajstić information content (AvgIpc) is 2.59. The summed E-state index contributed by atoms with van der Waals surface area (Å²) in [6, 6.07) is 7.95. The lowest BCUT2D eigenvalue weighted by Gasteiger charge is -2.25. The van der Waals surface area contributed by atoms with E-state index in [0.29, 0.717) is 5.92 Å². The minimum Gasteiger partial charge on any atom is -0.358 e. The molecule has 2 heteroatoms. The van der Waals surface area contributed by atoms with Crippen LogP contribution in [-0.4, -0.2) is 4.98 Å². The predicted molar refractivity (Wildman–Crippen MR) is 98.2 cm³/mol. The third kappa shape index (κ3) is 3.68. The number of para-hydroxylation sites is 1. The molecule has 3 rings (SSSR count). The Morgan fingerprint density at radius 3 is 2.74 bits per heavy atom. The van der Waals surface area contributed by atoms with Gasteiger partial charge in [0.05, 0.1) is 0 Å². The molecule has 1 heterocycles. The van der Waals surface area contributed by atoms with Crippen LogP contribution in [0.25, 0.3) is 10.9 Å². The summed E-state index contributed by atoms with van der Waals surface area (Å²) in [6.07, 6.45) is 12.6. The molecule has 0 bridgehead atoms. The second kappa shape index (κ2) is 7.81. The van der Waals surface area contributed by atoms with Crippen molar-refractivity contribution in [3.8, 4) is 0 Å². The van der Waals surface area contributed by atoms with E-state index in [1.54, 1.807) is 0 Å². The summed E-state index contributed by atoms with van der Waals surface area (Å²) in [6.45, 7) is 2.26. The molecule has 1 aliphatic carbocycles. The van der Waals surface area contributed by atoms with E-state index in [0.717, 1.165) is 29.3 Å². The number of benzene rings is 1. The first kappa shape index (κ1) is 16.3. The van der Waals surface area contributed by atoms with Gasteiger partial charge in [-0.15, -0.1) is 0 Å². The molecule has 23 heavy (non-hydrogen) atoms. The van der Waals surface area contributed by atoms with E-state index in [9.17, 15) is 4.79 Å². The Morgan fingerprint density at radius 1 is 1.09 bits per heavy atom. The minimum absolute atomic E-state index is 0.266. The van der Waals surface area contributed by atoms with Crippen LogP contribution in [0.4, 0.5) is 0 Å². The van der Waals surface area contributed by atoms with Gasteiger partial charge in [-0.05, 0) is 43.7 Å². The maximum Gasteiger partial charge on any atom is 0.192 e. The van der Waals surface area contributed by atoms with E-state index in [1.165, 1.54) is 57.1 Å². The summed E-state index contributed by atoms with van der Waals surface area (Å²) >= 11 is 0. The van der Waals surface area contributed by atoms with Crippen LogP contribution in [0.5, 0.6) is 0 Å². The molecule has 2 aromatic rings. The van der Waals surface area contributed by atoms with Gasteiger partial charge < -0.3 is 4.98 Å². The van der Waals surface area contributed by atoms with E-state index in [-0.39, 0.29) is 5.43 Å². The first-order chi connectivity index (χ1) is 11.3. The van der Waals surface area contributed by atoms with Crippen molar-refractivity contribution in [3.63, 3.8) is 0 Å². The van der Waals surface area contributed by atoms with Crippen LogP contribution >= 0.6 is 0 Å². The number of H-pyrrole nitrogens is 1. The molecule has 1 unspecified atom stereocenters. The van der Waals surface area contributed by atoms with E-state index >= 15 is 0 Å². The van der Waals surface area contributed by atoms with Crippen LogP contribution in [0.15, 0.2) is 29.1 Å². The van der Waals surface area contributed by atoms with Crippen molar-refractivity contribution in [2.75, 3.05) is 0 Å². The molecule has 0 radical (unpaired) electrons. The lowest BCUT2D eigenvalue weighted by Crippen LogP contribution is -2.21. The molecule has 0 spiro atoms. The third-order valence-electron chi connectivity index (χ3n) is 5.33. The highest BCUT2D eigenvalue weighted by atomic mass is 16.1. The van der Waals surface area contributed by atoms with E-state index < -0.39 is 0 Å². The Kier molecular flexibility index (Phi) is 5.53. The normalized spacial score (nSPS) is 17.3. The molecule has 124 valence electrons. The highest BCUT2D eigenvalue weighted by Crippen LogP contribution is 2.33. The molecule has 1 N–H and O–H groups in total. The van der Waals surface area contributed by atoms with Crippen LogP contribution in [0.1, 0.15) is 81.9 Å². The first-order valence-electron chi connectivity index (χ1n) is 9.45. The van der Waals surface area contributed by atoms with Gasteiger partial charge in [0.15, 0.2) is 5.43 Å². The number of rotatable bonds is 7. The Morgan fingerprint density at radius 2 is 1.87 bits per heavy atom. The molecule has 2 nitrogen and oxygen atoms in total. The van der Waals surface area contributed by atoms with Crippen molar-refractivity contribution in [1.29, 1.82) is 0 Å². The number of fused-ring (bicyclic) bond motifs is 2. The zero-order chi connectivity index (χ0) is 16.1. The fourth-order valence-electron chi connectivity index (χ4n) is 4.02. The van der Waals surface area contributed by atoms with Crippen LogP contribution in [0, 0.1) is 0 Å². The van der Waals surface area contributed by atoms with Gasteiger partial charge in [0, 0.05) is 22.2 Å². The molecule has 1 aromatic carbocycles. The Bertz CT molecular complexity index is 701. The second-order valence-corrected chi connectivity index (χ2v) is 7.04. The quantitative estimate of drug-likeness (QED) is 0.654. The maximum atomic E-state index is 12.7. The van der Waals surface area contributed by atoms with Crippen molar-refractivity contribution in [2.24, 2.45) is 0 Å². The SMILES string of the molecule is CCCCCCCCC1CCCc2c1[nH]c1ccccc1c2=O. The van der Waals surface area contributed by atoms with Crippen molar-refractivity contribution in [2.45, 2.75) is 77.0 Å². The molecule has 1 aromatic heterocycles. The summed E-state index contributed by atoms with van der Waals surface area (Å²) in [5, 5.41) is 0.853. The lowest BCUT2D eigenvalue weighted by atomic mass is 9.82. The number of hydrogen-bond acceptors (Lipinski definition) is 1. The van der Waals surface area contributed by atoms with Gasteiger partial charge in [-0.25, -0.2) is 0 Å². The largest absolute Gasteiger partial charge is 0.358 e. The van der Waals surface area contributed by atoms with Gasteiger partial charge >= 0.3 is 0 Å². The number of hydrogen-bond donors (Lipinski definition) is 1. The molecule has 0 saturated heterocycles. The monoisotopic (exact) mass is 311 g/mol. The molecule has 1 aliphatic rings. The number of aromatic nitrogens is 1. The summed E-state index contributed by atoms with van der Waals surface area (Å²) in [5.41, 5.74) is 3.58. The fraction of sp³-hybridized carbons (Fsp3) is 0.571. The zero-order valence-electron chi connectivity index (χ0n) is 14.4. The van der Waals surface area contributed by atoms with E-state index in [4.69, 9.17) is 0 Å². The highest BCUT2D eigenvalue weighted by molar-refractivity contribution is 5.79. The van der Waals surface area contributed by atoms with Gasteiger partial charge in [-0.1, -0.05) is 57.6 Å². The molecular formula is C21H29NO. The van der Waals surface area contributed by atoms with Gasteiger partial charge in [-0.3, -0.25) is 4.79 Å². The summed E-state index contributed by atoms with van der Waals surface area (Å²) in [5.74, 6) is 0.558. The number of unbranched alkanes of at least 4 members (excludes halogenated alkanes) is 5. The summed E-state index contributed by atoms with van der Waals surface area (Å²) < 4.78 is 0. The van der Waals surface area contributed by atoms with Crippen LogP contribution < -0.4 is 5.43 Å². The molecule has 0 amide bonds. The van der Waals surface area contributed by atoms with Gasteiger partial charge in [0.2, 0.25) is 0 Å². The average molecular weight is 311 g/mol. The third-order valence-corrected chi connectivity index (χ3v) is 5.33. The summed E-state index contributed by atoms with van der Waals surface area (Å²) in [4.78, 5) is 16.3. The number of aromatic amines is 1. The Hall–Kier alpha value is -1.57. The van der Waals surface area contributed by atoms with Crippen LogP contribution in [0.3, 0.4) is 0 Å². The Balaban J connectivity index is 1.73. The van der Waals surface area contributed by atoms with Crippen molar-refractivity contribution >= 4 is 10.9 Å². The lowest BCUT2D eigenvalue weighted by molar-refractivity contribution is 0.474. The standard InChI is InChI=1S/C21H29NO/c1-2-3-4-5-6-7-11-16-12-10-14-18-20(16)22-19-15-9-8-13-17(19)21(18)23/h8-9,13,15-16H,2-7,10-12,14H2,1H3,(H,22,23). The predicted octanol–water partition coefficient (Wildman–Crippen LogP) is 5.70. The topological polar surface area (TPSA) is 32.9 Å². The van der Waals surface area contributed by atoms with Gasteiger partial charge in [0.25, 0.3) is 0 Å². The number of pyridine rings is 1. The highest BCUT2D eigenvalue weighted by Gasteiger charge is 2.23. The molecule has 1 atom stereocenters. The minimum atomic E-state index is 0.266. The molecule has 0 saturated carbocycles. The van der Waals surface area contributed by atoms with Crippen molar-refractivity contribution in [3.05, 3.63) is 45.7 Å². The smallest absolute Gasteiger partial charge is 0.192 e. The van der Waals surface area contributed by atoms with Crippen LogP contribution in [-0.2, 0) is 6.42 Å². The van der Waals surface area contributed by atoms with Gasteiger partial charge in [0.1, 0.15) is 0 Å². The fourth-order valence-corrected chi connectivity index (χ4v) is 4.02. The van der Waals surface area contributed by atoms with E-state index in [1.807, 2.05) is 24.3 Å². The van der Waals surface area contributed by atoms with Crippen molar-refractivity contribution < 1.29 is 0 Å². The molecule has 0 aliphatic heterocycles. The Labute approximate surface area is 139 Å². The molecule has 0 fully saturated rings. The second-order valence-electron chi connectivity index (χ2n) is 7.04. The first-order valence-corrected chi connectivity index (χ1v) is 9.45. The zero-order valence-corrected chi connectivity index (χ0v) is 14.4. The van der Waals surface area contributed by atoms with Crippen molar-refractivity contribution in [1.82, 2.24) is 4.98 Å². The summed E-state index contributed by atoms with van der Waals surface area (Å²) in [7, 11) is 0. The van der Waals surface area contributed by atoms with Crippen LogP contribution in [0.2, 0.25) is 0 Å². The van der Waals surface area contributed by atoms with E-state index in [2.05, 4.69) is 11.9 Å².